The number of nitrogens with zero attached hydrogens (tertiary/aromatic N) is 3. The molecule has 1 amide bonds. The van der Waals surface area contributed by atoms with Crippen molar-refractivity contribution in [2.45, 2.75) is 6.92 Å². The lowest BCUT2D eigenvalue weighted by atomic mass is 10.2. The molecule has 0 aliphatic carbocycles. The number of hydrogen-bond donors (Lipinski definition) is 1. The van der Waals surface area contributed by atoms with Crippen LogP contribution in [0.4, 0.5) is 10.1 Å². The molecule has 0 aliphatic heterocycles. The predicted octanol–water partition coefficient (Wildman–Crippen LogP) is 5.40. The molecule has 29 heavy (non-hydrogen) atoms. The van der Waals surface area contributed by atoms with Crippen molar-refractivity contribution < 1.29 is 9.18 Å². The van der Waals surface area contributed by atoms with E-state index in [1.54, 1.807) is 18.2 Å². The maximum Gasteiger partial charge on any atom is 0.295 e. The fraction of sp³-hybridized carbons (Fsp3) is 0.0455. The van der Waals surface area contributed by atoms with Crippen LogP contribution in [0, 0.1) is 12.7 Å². The van der Waals surface area contributed by atoms with Crippen LogP contribution in [0.2, 0.25) is 0 Å². The van der Waals surface area contributed by atoms with Gasteiger partial charge in [-0.3, -0.25) is 4.79 Å². The first-order valence-electron chi connectivity index (χ1n) is 8.86. The van der Waals surface area contributed by atoms with E-state index in [4.69, 9.17) is 0 Å². The molecule has 0 fully saturated rings. The van der Waals surface area contributed by atoms with E-state index in [-0.39, 0.29) is 11.6 Å². The normalized spacial score (nSPS) is 10.7. The SMILES string of the molecule is Cc1cccc(NC(=O)c2nc(-c3ccc(Br)cc3)n(-c3ccc(F)cc3)n2)c1. The first-order valence-corrected chi connectivity index (χ1v) is 9.66. The Morgan fingerprint density at radius 2 is 1.76 bits per heavy atom. The molecule has 1 heterocycles. The number of amides is 1. The highest BCUT2D eigenvalue weighted by molar-refractivity contribution is 9.10. The zero-order chi connectivity index (χ0) is 20.4. The highest BCUT2D eigenvalue weighted by atomic mass is 79.9. The van der Waals surface area contributed by atoms with Crippen LogP contribution in [-0.2, 0) is 0 Å². The number of anilines is 1. The summed E-state index contributed by atoms with van der Waals surface area (Å²) in [5.41, 5.74) is 3.08. The van der Waals surface area contributed by atoms with Gasteiger partial charge in [0.15, 0.2) is 5.82 Å². The summed E-state index contributed by atoms with van der Waals surface area (Å²) in [6, 6.07) is 20.9. The van der Waals surface area contributed by atoms with E-state index in [1.807, 2.05) is 49.4 Å². The number of hydrogen-bond acceptors (Lipinski definition) is 3. The average molecular weight is 451 g/mol. The van der Waals surface area contributed by atoms with E-state index in [0.29, 0.717) is 17.2 Å². The summed E-state index contributed by atoms with van der Waals surface area (Å²) in [5.74, 6) is -0.265. The molecule has 4 aromatic rings. The summed E-state index contributed by atoms with van der Waals surface area (Å²) >= 11 is 3.41. The lowest BCUT2D eigenvalue weighted by Crippen LogP contribution is -2.14. The summed E-state index contributed by atoms with van der Waals surface area (Å²) in [4.78, 5) is 17.2. The van der Waals surface area contributed by atoms with Crippen LogP contribution < -0.4 is 5.32 Å². The first kappa shape index (κ1) is 19.0. The fourth-order valence-corrected chi connectivity index (χ4v) is 3.13. The van der Waals surface area contributed by atoms with E-state index in [9.17, 15) is 9.18 Å². The monoisotopic (exact) mass is 450 g/mol. The van der Waals surface area contributed by atoms with Gasteiger partial charge in [0.05, 0.1) is 5.69 Å². The summed E-state index contributed by atoms with van der Waals surface area (Å²) < 4.78 is 15.8. The first-order chi connectivity index (χ1) is 14.0. The second-order valence-corrected chi connectivity index (χ2v) is 7.39. The Kier molecular flexibility index (Phi) is 5.22. The van der Waals surface area contributed by atoms with Gasteiger partial charge in [0, 0.05) is 15.7 Å². The third kappa shape index (κ3) is 4.25. The highest BCUT2D eigenvalue weighted by Gasteiger charge is 2.19. The van der Waals surface area contributed by atoms with Crippen LogP contribution in [0.1, 0.15) is 16.2 Å². The van der Waals surface area contributed by atoms with Gasteiger partial charge in [-0.05, 0) is 61.0 Å². The third-order valence-corrected chi connectivity index (χ3v) is 4.79. The molecule has 5 nitrogen and oxygen atoms in total. The lowest BCUT2D eigenvalue weighted by Gasteiger charge is -2.06. The minimum absolute atomic E-state index is 0.0220. The predicted molar refractivity (Wildman–Crippen MR) is 114 cm³/mol. The Bertz CT molecular complexity index is 1110. The van der Waals surface area contributed by atoms with Gasteiger partial charge in [-0.25, -0.2) is 14.1 Å². The van der Waals surface area contributed by atoms with Crippen LogP contribution in [0.3, 0.4) is 0 Å². The Balaban J connectivity index is 1.75. The molecule has 3 aromatic carbocycles. The van der Waals surface area contributed by atoms with Crippen molar-refractivity contribution in [1.29, 1.82) is 0 Å². The van der Waals surface area contributed by atoms with Crippen molar-refractivity contribution in [2.24, 2.45) is 0 Å². The summed E-state index contributed by atoms with van der Waals surface area (Å²) in [5, 5.41) is 7.20. The molecule has 7 heteroatoms. The smallest absolute Gasteiger partial charge is 0.295 e. The van der Waals surface area contributed by atoms with Gasteiger partial charge in [-0.2, -0.15) is 0 Å². The second kappa shape index (κ2) is 7.97. The van der Waals surface area contributed by atoms with E-state index in [0.717, 1.165) is 15.6 Å². The van der Waals surface area contributed by atoms with Crippen LogP contribution in [0.25, 0.3) is 17.1 Å². The van der Waals surface area contributed by atoms with Gasteiger partial charge in [0.2, 0.25) is 5.82 Å². The molecule has 0 unspecified atom stereocenters. The molecule has 0 aliphatic rings. The Hall–Kier alpha value is -3.32. The number of nitrogens with one attached hydrogen (secondary N) is 1. The topological polar surface area (TPSA) is 59.8 Å². The van der Waals surface area contributed by atoms with Gasteiger partial charge in [0.25, 0.3) is 5.91 Å². The number of aryl methyl sites for hydroxylation is 1. The molecule has 0 saturated heterocycles. The molecule has 0 spiro atoms. The molecule has 0 radical (unpaired) electrons. The Morgan fingerprint density at radius 3 is 2.45 bits per heavy atom. The number of rotatable bonds is 4. The zero-order valence-electron chi connectivity index (χ0n) is 15.4. The van der Waals surface area contributed by atoms with Crippen molar-refractivity contribution in [2.75, 3.05) is 5.32 Å². The zero-order valence-corrected chi connectivity index (χ0v) is 17.0. The maximum absolute atomic E-state index is 13.4. The highest BCUT2D eigenvalue weighted by Crippen LogP contribution is 2.24. The molecular formula is C22H16BrFN4O. The maximum atomic E-state index is 13.4. The third-order valence-electron chi connectivity index (χ3n) is 4.26. The molecule has 0 saturated carbocycles. The number of carbonyl (C=O) groups is 1. The number of halogens is 2. The quantitative estimate of drug-likeness (QED) is 0.452. The van der Waals surface area contributed by atoms with E-state index in [2.05, 4.69) is 31.3 Å². The van der Waals surface area contributed by atoms with E-state index in [1.165, 1.54) is 16.8 Å². The van der Waals surface area contributed by atoms with Crippen molar-refractivity contribution in [3.8, 4) is 17.1 Å². The molecule has 4 rings (SSSR count). The Labute approximate surface area is 175 Å². The minimum atomic E-state index is -0.421. The molecule has 0 bridgehead atoms. The number of aromatic nitrogens is 3. The standard InChI is InChI=1S/C22H16BrFN4O/c1-14-3-2-4-18(13-14)25-22(29)20-26-21(15-5-7-16(23)8-6-15)28(27-20)19-11-9-17(24)10-12-19/h2-13H,1H3,(H,25,29). The fourth-order valence-electron chi connectivity index (χ4n) is 2.87. The van der Waals surface area contributed by atoms with Gasteiger partial charge in [-0.15, -0.1) is 5.10 Å². The van der Waals surface area contributed by atoms with Crippen molar-refractivity contribution in [3.63, 3.8) is 0 Å². The minimum Gasteiger partial charge on any atom is -0.319 e. The molecular weight excluding hydrogens is 435 g/mol. The van der Waals surface area contributed by atoms with Gasteiger partial charge in [0.1, 0.15) is 5.82 Å². The average Bonchev–Trinajstić information content (AvgIpc) is 3.15. The van der Waals surface area contributed by atoms with Crippen LogP contribution in [0.15, 0.2) is 77.3 Å². The van der Waals surface area contributed by atoms with E-state index >= 15 is 0 Å². The van der Waals surface area contributed by atoms with Gasteiger partial charge in [-0.1, -0.05) is 40.2 Å². The summed E-state index contributed by atoms with van der Waals surface area (Å²) in [6.45, 7) is 1.95. The number of benzene rings is 3. The van der Waals surface area contributed by atoms with Crippen molar-refractivity contribution >= 4 is 27.5 Å². The summed E-state index contributed by atoms with van der Waals surface area (Å²) in [7, 11) is 0. The van der Waals surface area contributed by atoms with Crippen molar-refractivity contribution in [3.05, 3.63) is 94.5 Å². The number of carbonyl (C=O) groups excluding carboxylic acids is 1. The molecule has 1 N–H and O–H groups in total. The lowest BCUT2D eigenvalue weighted by molar-refractivity contribution is 0.101. The van der Waals surface area contributed by atoms with Crippen LogP contribution in [0.5, 0.6) is 0 Å². The van der Waals surface area contributed by atoms with Crippen molar-refractivity contribution in [1.82, 2.24) is 14.8 Å². The molecule has 0 atom stereocenters. The second-order valence-electron chi connectivity index (χ2n) is 6.48. The van der Waals surface area contributed by atoms with Crippen LogP contribution in [-0.4, -0.2) is 20.7 Å². The molecule has 1 aromatic heterocycles. The summed E-state index contributed by atoms with van der Waals surface area (Å²) in [6.07, 6.45) is 0. The van der Waals surface area contributed by atoms with Gasteiger partial charge >= 0.3 is 0 Å². The van der Waals surface area contributed by atoms with Crippen LogP contribution >= 0.6 is 15.9 Å². The van der Waals surface area contributed by atoms with Gasteiger partial charge < -0.3 is 5.32 Å². The largest absolute Gasteiger partial charge is 0.319 e. The molecule has 144 valence electrons. The Morgan fingerprint density at radius 1 is 1.03 bits per heavy atom. The van der Waals surface area contributed by atoms with E-state index < -0.39 is 5.91 Å².